The van der Waals surface area contributed by atoms with Gasteiger partial charge in [0.1, 0.15) is 0 Å². The van der Waals surface area contributed by atoms with Crippen molar-refractivity contribution in [2.24, 2.45) is 13.0 Å². The van der Waals surface area contributed by atoms with Crippen molar-refractivity contribution in [2.45, 2.75) is 25.0 Å². The summed E-state index contributed by atoms with van der Waals surface area (Å²) in [5.41, 5.74) is 3.67. The van der Waals surface area contributed by atoms with E-state index in [1.165, 1.54) is 11.1 Å². The van der Waals surface area contributed by atoms with Crippen LogP contribution in [0.3, 0.4) is 0 Å². The number of amides is 1. The van der Waals surface area contributed by atoms with Gasteiger partial charge in [0.15, 0.2) is 0 Å². The van der Waals surface area contributed by atoms with Crippen LogP contribution in [0.15, 0.2) is 36.7 Å². The van der Waals surface area contributed by atoms with Gasteiger partial charge in [-0.2, -0.15) is 5.10 Å². The second kappa shape index (κ2) is 7.44. The molecule has 2 aliphatic rings. The lowest BCUT2D eigenvalue weighted by Crippen LogP contribution is -2.52. The fourth-order valence-electron chi connectivity index (χ4n) is 4.45. The third-order valence-electron chi connectivity index (χ3n) is 5.65. The van der Waals surface area contributed by atoms with Crippen LogP contribution in [0.2, 0.25) is 0 Å². The molecule has 2 atom stereocenters. The summed E-state index contributed by atoms with van der Waals surface area (Å²) >= 11 is 0. The zero-order chi connectivity index (χ0) is 19.0. The Morgan fingerprint density at radius 1 is 1.26 bits per heavy atom. The van der Waals surface area contributed by atoms with Crippen molar-refractivity contribution in [3.8, 4) is 0 Å². The number of rotatable bonds is 4. The number of carbonyl (C=O) groups excluding carboxylic acids is 1. The second-order valence-electron chi connectivity index (χ2n) is 7.97. The SMILES string of the molecule is CN(C)C[C@@H]1OCCN(C(=O)C2Cc3ccccc3C2)[C@H]1c1cnn(C)c1. The smallest absolute Gasteiger partial charge is 0.227 e. The number of hydrogen-bond acceptors (Lipinski definition) is 4. The molecule has 1 aliphatic carbocycles. The molecule has 0 spiro atoms. The summed E-state index contributed by atoms with van der Waals surface area (Å²) in [6, 6.07) is 8.33. The zero-order valence-corrected chi connectivity index (χ0v) is 16.3. The third-order valence-corrected chi connectivity index (χ3v) is 5.65. The largest absolute Gasteiger partial charge is 0.373 e. The maximum atomic E-state index is 13.5. The molecule has 144 valence electrons. The molecule has 1 saturated heterocycles. The van der Waals surface area contributed by atoms with Gasteiger partial charge >= 0.3 is 0 Å². The van der Waals surface area contributed by atoms with Crippen molar-refractivity contribution in [1.29, 1.82) is 0 Å². The number of benzene rings is 1. The van der Waals surface area contributed by atoms with Gasteiger partial charge in [0, 0.05) is 37.8 Å². The lowest BCUT2D eigenvalue weighted by atomic mass is 9.96. The highest BCUT2D eigenvalue weighted by atomic mass is 16.5. The van der Waals surface area contributed by atoms with Gasteiger partial charge in [-0.3, -0.25) is 9.48 Å². The van der Waals surface area contributed by atoms with Crippen LogP contribution in [-0.4, -0.2) is 65.4 Å². The maximum absolute atomic E-state index is 13.5. The summed E-state index contributed by atoms with van der Waals surface area (Å²) < 4.78 is 7.89. The van der Waals surface area contributed by atoms with Gasteiger partial charge in [-0.05, 0) is 38.1 Å². The van der Waals surface area contributed by atoms with Crippen molar-refractivity contribution in [1.82, 2.24) is 19.6 Å². The lowest BCUT2D eigenvalue weighted by Gasteiger charge is -2.42. The average Bonchev–Trinajstić information content (AvgIpc) is 3.26. The van der Waals surface area contributed by atoms with Gasteiger partial charge in [0.2, 0.25) is 5.91 Å². The number of ether oxygens (including phenoxy) is 1. The number of fused-ring (bicyclic) bond motifs is 1. The van der Waals surface area contributed by atoms with Gasteiger partial charge < -0.3 is 14.5 Å². The number of nitrogens with zero attached hydrogens (tertiary/aromatic N) is 4. The van der Waals surface area contributed by atoms with E-state index in [-0.39, 0.29) is 24.0 Å². The third kappa shape index (κ3) is 3.64. The highest BCUT2D eigenvalue weighted by Crippen LogP contribution is 2.34. The van der Waals surface area contributed by atoms with Crippen molar-refractivity contribution in [3.63, 3.8) is 0 Å². The van der Waals surface area contributed by atoms with Gasteiger partial charge in [-0.15, -0.1) is 0 Å². The maximum Gasteiger partial charge on any atom is 0.227 e. The molecule has 6 heteroatoms. The fraction of sp³-hybridized carbons (Fsp3) is 0.524. The number of carbonyl (C=O) groups is 1. The molecule has 1 fully saturated rings. The van der Waals surface area contributed by atoms with Gasteiger partial charge in [-0.1, -0.05) is 24.3 Å². The van der Waals surface area contributed by atoms with Crippen LogP contribution in [0.25, 0.3) is 0 Å². The minimum absolute atomic E-state index is 0.0275. The van der Waals surface area contributed by atoms with Gasteiger partial charge in [0.25, 0.3) is 0 Å². The highest BCUT2D eigenvalue weighted by molar-refractivity contribution is 5.81. The minimum atomic E-state index is -0.0916. The van der Waals surface area contributed by atoms with Crippen LogP contribution in [0.5, 0.6) is 0 Å². The standard InChI is InChI=1S/C21H28N4O2/c1-23(2)14-19-20(18-12-22-24(3)13-18)25(8-9-27-19)21(26)17-10-15-6-4-5-7-16(15)11-17/h4-7,12-13,17,19-20H,8-11,14H2,1-3H3/t19-,20-/m0/s1. The summed E-state index contributed by atoms with van der Waals surface area (Å²) in [4.78, 5) is 17.7. The minimum Gasteiger partial charge on any atom is -0.373 e. The number of morpholine rings is 1. The van der Waals surface area contributed by atoms with Crippen LogP contribution >= 0.6 is 0 Å². The molecule has 6 nitrogen and oxygen atoms in total. The van der Waals surface area contributed by atoms with E-state index >= 15 is 0 Å². The molecule has 27 heavy (non-hydrogen) atoms. The Kier molecular flexibility index (Phi) is 5.02. The predicted molar refractivity (Wildman–Crippen MR) is 103 cm³/mol. The van der Waals surface area contributed by atoms with Crippen LogP contribution in [0, 0.1) is 5.92 Å². The number of likely N-dealkylation sites (N-methyl/N-ethyl adjacent to an activating group) is 1. The van der Waals surface area contributed by atoms with E-state index in [1.54, 1.807) is 4.68 Å². The van der Waals surface area contributed by atoms with Gasteiger partial charge in [-0.25, -0.2) is 0 Å². The summed E-state index contributed by atoms with van der Waals surface area (Å²) in [7, 11) is 5.99. The highest BCUT2D eigenvalue weighted by Gasteiger charge is 2.40. The Morgan fingerprint density at radius 2 is 1.96 bits per heavy atom. The summed E-state index contributed by atoms with van der Waals surface area (Å²) in [6.45, 7) is 1.99. The van der Waals surface area contributed by atoms with E-state index in [4.69, 9.17) is 4.74 Å². The Morgan fingerprint density at radius 3 is 2.56 bits per heavy atom. The normalized spacial score (nSPS) is 23.0. The average molecular weight is 368 g/mol. The molecule has 0 unspecified atom stereocenters. The van der Waals surface area contributed by atoms with E-state index in [1.807, 2.05) is 38.4 Å². The molecule has 0 saturated carbocycles. The van der Waals surface area contributed by atoms with E-state index in [0.29, 0.717) is 13.2 Å². The Labute approximate surface area is 160 Å². The molecular formula is C21H28N4O2. The second-order valence-corrected chi connectivity index (χ2v) is 7.97. The van der Waals surface area contributed by atoms with E-state index in [0.717, 1.165) is 24.9 Å². The topological polar surface area (TPSA) is 50.6 Å². The number of hydrogen-bond donors (Lipinski definition) is 0. The predicted octanol–water partition coefficient (Wildman–Crippen LogP) is 1.67. The molecule has 0 N–H and O–H groups in total. The van der Waals surface area contributed by atoms with Crippen molar-refractivity contribution >= 4 is 5.91 Å². The molecule has 1 aromatic carbocycles. The molecule has 2 aromatic rings. The first kappa shape index (κ1) is 18.2. The molecular weight excluding hydrogens is 340 g/mol. The van der Waals surface area contributed by atoms with Crippen molar-refractivity contribution in [2.75, 3.05) is 33.8 Å². The summed E-state index contributed by atoms with van der Waals surface area (Å²) in [5, 5.41) is 4.34. The van der Waals surface area contributed by atoms with Crippen molar-refractivity contribution < 1.29 is 9.53 Å². The first-order chi connectivity index (χ1) is 13.0. The monoisotopic (exact) mass is 368 g/mol. The van der Waals surface area contributed by atoms with Gasteiger partial charge in [0.05, 0.1) is 24.9 Å². The van der Waals surface area contributed by atoms with Crippen LogP contribution < -0.4 is 0 Å². The van der Waals surface area contributed by atoms with Crippen molar-refractivity contribution in [3.05, 3.63) is 53.3 Å². The van der Waals surface area contributed by atoms with Crippen LogP contribution in [0.1, 0.15) is 22.7 Å². The first-order valence-corrected chi connectivity index (χ1v) is 9.65. The molecule has 4 rings (SSSR count). The van der Waals surface area contributed by atoms with E-state index in [2.05, 4.69) is 34.3 Å². The van der Waals surface area contributed by atoms with Crippen LogP contribution in [0.4, 0.5) is 0 Å². The number of aromatic nitrogens is 2. The molecule has 1 aliphatic heterocycles. The zero-order valence-electron chi connectivity index (χ0n) is 16.3. The van der Waals surface area contributed by atoms with E-state index in [9.17, 15) is 4.79 Å². The molecule has 1 aromatic heterocycles. The fourth-order valence-corrected chi connectivity index (χ4v) is 4.45. The number of aryl methyl sites for hydroxylation is 1. The molecule has 2 heterocycles. The molecule has 0 bridgehead atoms. The Bertz CT molecular complexity index is 791. The first-order valence-electron chi connectivity index (χ1n) is 9.65. The molecule has 1 amide bonds. The van der Waals surface area contributed by atoms with Crippen LogP contribution in [-0.2, 0) is 29.4 Å². The Balaban J connectivity index is 1.60. The summed E-state index contributed by atoms with van der Waals surface area (Å²) in [6.07, 6.45) is 5.50. The van der Waals surface area contributed by atoms with E-state index < -0.39 is 0 Å². The quantitative estimate of drug-likeness (QED) is 0.824. The lowest BCUT2D eigenvalue weighted by molar-refractivity contribution is -0.152. The summed E-state index contributed by atoms with van der Waals surface area (Å²) in [5.74, 6) is 0.270. The molecule has 0 radical (unpaired) electrons. The Hall–Kier alpha value is -2.18.